The fraction of sp³-hybridized carbons (Fsp3) is 0.0769. The van der Waals surface area contributed by atoms with Crippen LogP contribution in [0.1, 0.15) is 5.56 Å². The van der Waals surface area contributed by atoms with Gasteiger partial charge in [0.05, 0.1) is 0 Å². The SMILES string of the molecule is OCC#Cc1ccc(O)c2ccccc12. The second-order valence-electron chi connectivity index (χ2n) is 3.14. The quantitative estimate of drug-likeness (QED) is 0.634. The van der Waals surface area contributed by atoms with Crippen LogP contribution in [0.25, 0.3) is 10.8 Å². The predicted molar refractivity (Wildman–Crippen MR) is 59.6 cm³/mol. The smallest absolute Gasteiger partial charge is 0.123 e. The summed E-state index contributed by atoms with van der Waals surface area (Å²) in [5, 5.41) is 19.9. The molecular formula is C13H10O2. The number of fused-ring (bicyclic) bond motifs is 1. The standard InChI is InChI=1S/C13H10O2/c14-9-3-4-10-7-8-13(15)12-6-2-1-5-11(10)12/h1-2,5-8,14-15H,9H2. The van der Waals surface area contributed by atoms with E-state index < -0.39 is 0 Å². The minimum Gasteiger partial charge on any atom is -0.507 e. The second-order valence-corrected chi connectivity index (χ2v) is 3.14. The average molecular weight is 198 g/mol. The molecule has 0 aromatic heterocycles. The molecule has 0 aliphatic carbocycles. The Bertz CT molecular complexity index is 547. The van der Waals surface area contributed by atoms with Gasteiger partial charge in [0.25, 0.3) is 0 Å². The van der Waals surface area contributed by atoms with Crippen molar-refractivity contribution in [3.63, 3.8) is 0 Å². The molecule has 15 heavy (non-hydrogen) atoms. The first-order valence-electron chi connectivity index (χ1n) is 4.63. The van der Waals surface area contributed by atoms with Crippen LogP contribution in [0.3, 0.4) is 0 Å². The number of rotatable bonds is 0. The molecule has 0 atom stereocenters. The Balaban J connectivity index is 2.72. The number of benzene rings is 2. The van der Waals surface area contributed by atoms with Gasteiger partial charge in [-0.1, -0.05) is 36.1 Å². The molecular weight excluding hydrogens is 188 g/mol. The van der Waals surface area contributed by atoms with Gasteiger partial charge in [0.1, 0.15) is 12.4 Å². The van der Waals surface area contributed by atoms with Gasteiger partial charge in [-0.3, -0.25) is 0 Å². The molecule has 0 radical (unpaired) electrons. The molecule has 0 aliphatic heterocycles. The van der Waals surface area contributed by atoms with Crippen molar-refractivity contribution in [2.45, 2.75) is 0 Å². The number of hydrogen-bond donors (Lipinski definition) is 2. The molecule has 0 unspecified atom stereocenters. The molecule has 0 spiro atoms. The Labute approximate surface area is 87.8 Å². The summed E-state index contributed by atoms with van der Waals surface area (Å²) in [7, 11) is 0. The van der Waals surface area contributed by atoms with E-state index in [1.165, 1.54) is 0 Å². The molecule has 0 heterocycles. The molecule has 0 bridgehead atoms. The van der Waals surface area contributed by atoms with Gasteiger partial charge in [0.2, 0.25) is 0 Å². The van der Waals surface area contributed by atoms with Crippen molar-refractivity contribution in [1.82, 2.24) is 0 Å². The van der Waals surface area contributed by atoms with Gasteiger partial charge < -0.3 is 10.2 Å². The van der Waals surface area contributed by atoms with Gasteiger partial charge in [-0.05, 0) is 12.1 Å². The van der Waals surface area contributed by atoms with E-state index in [9.17, 15) is 5.11 Å². The molecule has 0 fully saturated rings. The van der Waals surface area contributed by atoms with Crippen molar-refractivity contribution in [2.24, 2.45) is 0 Å². The van der Waals surface area contributed by atoms with E-state index in [2.05, 4.69) is 11.8 Å². The highest BCUT2D eigenvalue weighted by Crippen LogP contribution is 2.26. The van der Waals surface area contributed by atoms with Crippen LogP contribution >= 0.6 is 0 Å². The molecule has 0 aliphatic rings. The van der Waals surface area contributed by atoms with Gasteiger partial charge in [-0.2, -0.15) is 0 Å². The van der Waals surface area contributed by atoms with Gasteiger partial charge in [-0.15, -0.1) is 0 Å². The van der Waals surface area contributed by atoms with Crippen molar-refractivity contribution >= 4 is 10.8 Å². The zero-order chi connectivity index (χ0) is 10.7. The topological polar surface area (TPSA) is 40.5 Å². The Kier molecular flexibility index (Phi) is 2.57. The number of phenols is 1. The lowest BCUT2D eigenvalue weighted by Crippen LogP contribution is -1.81. The average Bonchev–Trinajstić information content (AvgIpc) is 2.29. The molecule has 74 valence electrons. The number of phenolic OH excluding ortho intramolecular Hbond substituents is 1. The van der Waals surface area contributed by atoms with Crippen LogP contribution in [-0.2, 0) is 0 Å². The minimum absolute atomic E-state index is 0.158. The Hall–Kier alpha value is -1.98. The van der Waals surface area contributed by atoms with Crippen LogP contribution in [-0.4, -0.2) is 16.8 Å². The molecule has 2 heteroatoms. The fourth-order valence-electron chi connectivity index (χ4n) is 1.53. The summed E-state index contributed by atoms with van der Waals surface area (Å²) >= 11 is 0. The van der Waals surface area contributed by atoms with Crippen molar-refractivity contribution in [3.8, 4) is 17.6 Å². The molecule has 0 saturated heterocycles. The lowest BCUT2D eigenvalue weighted by Gasteiger charge is -2.02. The number of aliphatic hydroxyl groups is 1. The van der Waals surface area contributed by atoms with Crippen molar-refractivity contribution in [2.75, 3.05) is 6.61 Å². The summed E-state index contributed by atoms with van der Waals surface area (Å²) in [4.78, 5) is 0. The Morgan fingerprint density at radius 2 is 1.73 bits per heavy atom. The van der Waals surface area contributed by atoms with E-state index in [0.29, 0.717) is 0 Å². The minimum atomic E-state index is -0.158. The number of aliphatic hydroxyl groups excluding tert-OH is 1. The largest absolute Gasteiger partial charge is 0.507 e. The van der Waals surface area contributed by atoms with Crippen LogP contribution in [0, 0.1) is 11.8 Å². The molecule has 2 aromatic carbocycles. The van der Waals surface area contributed by atoms with Crippen molar-refractivity contribution in [1.29, 1.82) is 0 Å². The Morgan fingerprint density at radius 3 is 2.47 bits per heavy atom. The monoisotopic (exact) mass is 198 g/mol. The first-order chi connectivity index (χ1) is 7.33. The van der Waals surface area contributed by atoms with E-state index in [4.69, 9.17) is 5.11 Å². The molecule has 2 rings (SSSR count). The first kappa shape index (κ1) is 9.57. The third kappa shape index (κ3) is 1.78. The van der Waals surface area contributed by atoms with E-state index in [1.807, 2.05) is 24.3 Å². The van der Waals surface area contributed by atoms with Gasteiger partial charge in [0.15, 0.2) is 0 Å². The summed E-state index contributed by atoms with van der Waals surface area (Å²) in [5.74, 6) is 5.70. The van der Waals surface area contributed by atoms with E-state index in [-0.39, 0.29) is 12.4 Å². The summed E-state index contributed by atoms with van der Waals surface area (Å²) < 4.78 is 0. The lowest BCUT2D eigenvalue weighted by molar-refractivity contribution is 0.350. The van der Waals surface area contributed by atoms with E-state index >= 15 is 0 Å². The highest BCUT2D eigenvalue weighted by Gasteiger charge is 2.01. The predicted octanol–water partition coefficient (Wildman–Crippen LogP) is 1.89. The number of aromatic hydroxyl groups is 1. The zero-order valence-corrected chi connectivity index (χ0v) is 8.07. The van der Waals surface area contributed by atoms with Crippen molar-refractivity contribution < 1.29 is 10.2 Å². The van der Waals surface area contributed by atoms with Gasteiger partial charge >= 0.3 is 0 Å². The summed E-state index contributed by atoms with van der Waals surface area (Å²) in [6.45, 7) is -0.158. The highest BCUT2D eigenvalue weighted by atomic mass is 16.3. The molecule has 2 aromatic rings. The van der Waals surface area contributed by atoms with Gasteiger partial charge in [-0.25, -0.2) is 0 Å². The Morgan fingerprint density at radius 1 is 1.00 bits per heavy atom. The summed E-state index contributed by atoms with van der Waals surface area (Å²) in [6.07, 6.45) is 0. The summed E-state index contributed by atoms with van der Waals surface area (Å²) in [6, 6.07) is 10.9. The van der Waals surface area contributed by atoms with E-state index in [1.54, 1.807) is 12.1 Å². The molecule has 0 saturated carbocycles. The first-order valence-corrected chi connectivity index (χ1v) is 4.63. The van der Waals surface area contributed by atoms with Crippen LogP contribution in [0.2, 0.25) is 0 Å². The third-order valence-corrected chi connectivity index (χ3v) is 2.20. The van der Waals surface area contributed by atoms with E-state index in [0.717, 1.165) is 16.3 Å². The third-order valence-electron chi connectivity index (χ3n) is 2.20. The number of hydrogen-bond acceptors (Lipinski definition) is 2. The molecule has 0 amide bonds. The maximum absolute atomic E-state index is 9.62. The normalized spacial score (nSPS) is 9.67. The second kappa shape index (κ2) is 4.04. The zero-order valence-electron chi connectivity index (χ0n) is 8.07. The maximum atomic E-state index is 9.62. The van der Waals surface area contributed by atoms with Crippen molar-refractivity contribution in [3.05, 3.63) is 42.0 Å². The van der Waals surface area contributed by atoms with Gasteiger partial charge in [0, 0.05) is 16.3 Å². The van der Waals surface area contributed by atoms with Crippen LogP contribution in [0.5, 0.6) is 5.75 Å². The van der Waals surface area contributed by atoms with Crippen LogP contribution in [0.15, 0.2) is 36.4 Å². The highest BCUT2D eigenvalue weighted by molar-refractivity contribution is 5.92. The maximum Gasteiger partial charge on any atom is 0.123 e. The lowest BCUT2D eigenvalue weighted by atomic mass is 10.0. The van der Waals surface area contributed by atoms with Crippen LogP contribution in [0.4, 0.5) is 0 Å². The summed E-state index contributed by atoms with van der Waals surface area (Å²) in [5.41, 5.74) is 0.817. The van der Waals surface area contributed by atoms with Crippen LogP contribution < -0.4 is 0 Å². The molecule has 2 N–H and O–H groups in total. The molecule has 2 nitrogen and oxygen atoms in total. The fourth-order valence-corrected chi connectivity index (χ4v) is 1.53.